The number of aliphatic hydroxyl groups excluding tert-OH is 1. The molecule has 1 aromatic heterocycles. The smallest absolute Gasteiger partial charge is 0.318 e. The third-order valence-corrected chi connectivity index (χ3v) is 4.02. The normalized spacial score (nSPS) is 20.8. The van der Waals surface area contributed by atoms with Gasteiger partial charge in [-0.05, 0) is 24.6 Å². The van der Waals surface area contributed by atoms with Gasteiger partial charge in [-0.15, -0.1) is 0 Å². The zero-order chi connectivity index (χ0) is 16.6. The highest BCUT2D eigenvalue weighted by Crippen LogP contribution is 2.39. The molecule has 2 aromatic rings. The van der Waals surface area contributed by atoms with Gasteiger partial charge in [0, 0.05) is 12.1 Å². The van der Waals surface area contributed by atoms with Crippen molar-refractivity contribution in [2.45, 2.75) is 18.6 Å². The Kier molecular flexibility index (Phi) is 4.32. The Hall–Kier alpha value is -1.99. The Bertz CT molecular complexity index is 732. The molecule has 3 rings (SSSR count). The first-order valence-electron chi connectivity index (χ1n) is 6.95. The molecule has 1 saturated heterocycles. The van der Waals surface area contributed by atoms with Crippen LogP contribution in [0.2, 0.25) is 5.02 Å². The zero-order valence-electron chi connectivity index (χ0n) is 12.2. The van der Waals surface area contributed by atoms with E-state index in [0.29, 0.717) is 5.82 Å². The van der Waals surface area contributed by atoms with Crippen LogP contribution in [0.4, 0.5) is 14.6 Å². The van der Waals surface area contributed by atoms with Gasteiger partial charge >= 0.3 is 6.01 Å². The fourth-order valence-corrected chi connectivity index (χ4v) is 2.95. The summed E-state index contributed by atoms with van der Waals surface area (Å²) in [5.41, 5.74) is 0.148. The molecule has 23 heavy (non-hydrogen) atoms. The number of hydrogen-bond acceptors (Lipinski definition) is 5. The van der Waals surface area contributed by atoms with Gasteiger partial charge in [0.2, 0.25) is 0 Å². The number of β-amino-alcohol motifs (C(OH)–C–C–N with tert-alkyl or cyclic N) is 1. The molecule has 0 radical (unpaired) electrons. The molecule has 0 spiro atoms. The third-order valence-electron chi connectivity index (χ3n) is 3.75. The van der Waals surface area contributed by atoms with Crippen molar-refractivity contribution in [3.63, 3.8) is 0 Å². The van der Waals surface area contributed by atoms with E-state index in [2.05, 4.69) is 9.97 Å². The maximum atomic E-state index is 14.1. The molecule has 2 atom stereocenters. The van der Waals surface area contributed by atoms with Crippen LogP contribution in [0.25, 0.3) is 0 Å². The predicted molar refractivity (Wildman–Crippen MR) is 80.7 cm³/mol. The Labute approximate surface area is 136 Å². The summed E-state index contributed by atoms with van der Waals surface area (Å²) in [4.78, 5) is 9.69. The fraction of sp³-hybridized carbons (Fsp3) is 0.333. The van der Waals surface area contributed by atoms with E-state index >= 15 is 0 Å². The first kappa shape index (κ1) is 15.9. The lowest BCUT2D eigenvalue weighted by atomic mass is 10.0. The minimum Gasteiger partial charge on any atom is -0.467 e. The molecule has 122 valence electrons. The van der Waals surface area contributed by atoms with Crippen LogP contribution in [0.15, 0.2) is 24.4 Å². The second kappa shape index (κ2) is 6.25. The molecule has 0 amide bonds. The molecule has 8 heteroatoms. The van der Waals surface area contributed by atoms with Crippen molar-refractivity contribution in [3.8, 4) is 6.01 Å². The second-order valence-electron chi connectivity index (χ2n) is 5.25. The molecule has 1 fully saturated rings. The third kappa shape index (κ3) is 3.07. The SMILES string of the molecule is COc1ncc(Cl)c(N2CC(O)CC2c2cc(F)ccc2F)n1. The highest BCUT2D eigenvalue weighted by molar-refractivity contribution is 6.32. The number of rotatable bonds is 3. The van der Waals surface area contributed by atoms with Gasteiger partial charge in [0.15, 0.2) is 5.82 Å². The molecule has 2 unspecified atom stereocenters. The molecule has 0 saturated carbocycles. The number of nitrogens with zero attached hydrogens (tertiary/aromatic N) is 3. The van der Waals surface area contributed by atoms with Crippen LogP contribution in [0, 0.1) is 11.6 Å². The van der Waals surface area contributed by atoms with E-state index in [1.54, 1.807) is 4.90 Å². The van der Waals surface area contributed by atoms with Crippen LogP contribution in [0.1, 0.15) is 18.0 Å². The summed E-state index contributed by atoms with van der Waals surface area (Å²) in [6.07, 6.45) is 0.898. The Morgan fingerprint density at radius 1 is 1.39 bits per heavy atom. The van der Waals surface area contributed by atoms with Gasteiger partial charge in [0.1, 0.15) is 16.7 Å². The molecule has 0 bridgehead atoms. The molecular weight excluding hydrogens is 328 g/mol. The molecule has 0 aliphatic carbocycles. The van der Waals surface area contributed by atoms with Gasteiger partial charge in [0.25, 0.3) is 0 Å². The van der Waals surface area contributed by atoms with Gasteiger partial charge in [-0.25, -0.2) is 13.8 Å². The number of aliphatic hydroxyl groups is 1. The first-order valence-corrected chi connectivity index (χ1v) is 7.33. The number of halogens is 3. The van der Waals surface area contributed by atoms with Crippen molar-refractivity contribution in [3.05, 3.63) is 46.6 Å². The predicted octanol–water partition coefficient (Wildman–Crippen LogP) is 2.73. The van der Waals surface area contributed by atoms with E-state index in [0.717, 1.165) is 18.2 Å². The highest BCUT2D eigenvalue weighted by atomic mass is 35.5. The van der Waals surface area contributed by atoms with E-state index in [1.165, 1.54) is 13.3 Å². The minimum atomic E-state index is -0.709. The molecule has 2 heterocycles. The van der Waals surface area contributed by atoms with E-state index in [9.17, 15) is 13.9 Å². The van der Waals surface area contributed by atoms with Gasteiger partial charge in [-0.3, -0.25) is 0 Å². The van der Waals surface area contributed by atoms with E-state index in [1.807, 2.05) is 0 Å². The number of ether oxygens (including phenoxy) is 1. The second-order valence-corrected chi connectivity index (χ2v) is 5.66. The number of anilines is 1. The molecule has 5 nitrogen and oxygen atoms in total. The summed E-state index contributed by atoms with van der Waals surface area (Å²) in [6.45, 7) is 0.195. The number of benzene rings is 1. The van der Waals surface area contributed by atoms with E-state index in [-0.39, 0.29) is 29.6 Å². The molecular formula is C15H14ClF2N3O2. The molecule has 1 aliphatic heterocycles. The summed E-state index contributed by atoms with van der Waals surface area (Å²) < 4.78 is 32.6. The molecule has 1 aromatic carbocycles. The number of aromatic nitrogens is 2. The quantitative estimate of drug-likeness (QED) is 0.930. The Morgan fingerprint density at radius 3 is 2.91 bits per heavy atom. The van der Waals surface area contributed by atoms with Gasteiger partial charge in [-0.2, -0.15) is 4.98 Å². The van der Waals surface area contributed by atoms with Gasteiger partial charge < -0.3 is 14.7 Å². The van der Waals surface area contributed by atoms with Crippen molar-refractivity contribution in [1.29, 1.82) is 0 Å². The monoisotopic (exact) mass is 341 g/mol. The number of hydrogen-bond donors (Lipinski definition) is 1. The summed E-state index contributed by atoms with van der Waals surface area (Å²) in [5.74, 6) is -0.787. The van der Waals surface area contributed by atoms with E-state index < -0.39 is 23.8 Å². The lowest BCUT2D eigenvalue weighted by Crippen LogP contribution is -2.26. The average Bonchev–Trinajstić information content (AvgIpc) is 2.91. The lowest BCUT2D eigenvalue weighted by Gasteiger charge is -2.26. The standard InChI is InChI=1S/C15H14ClF2N3O2/c1-23-15-19-6-11(16)14(20-15)21-7-9(22)5-13(21)10-4-8(17)2-3-12(10)18/h2-4,6,9,13,22H,5,7H2,1H3. The largest absolute Gasteiger partial charge is 0.467 e. The van der Waals surface area contributed by atoms with Crippen molar-refractivity contribution in [2.24, 2.45) is 0 Å². The Balaban J connectivity index is 2.05. The fourth-order valence-electron chi connectivity index (χ4n) is 2.75. The van der Waals surface area contributed by atoms with Crippen molar-refractivity contribution in [1.82, 2.24) is 9.97 Å². The highest BCUT2D eigenvalue weighted by Gasteiger charge is 2.36. The van der Waals surface area contributed by atoms with Crippen molar-refractivity contribution in [2.75, 3.05) is 18.6 Å². The van der Waals surface area contributed by atoms with Crippen LogP contribution in [-0.2, 0) is 0 Å². The van der Waals surface area contributed by atoms with Crippen LogP contribution in [-0.4, -0.2) is 34.8 Å². The van der Waals surface area contributed by atoms with Crippen LogP contribution < -0.4 is 9.64 Å². The van der Waals surface area contributed by atoms with Gasteiger partial charge in [0.05, 0.1) is 25.5 Å². The van der Waals surface area contributed by atoms with Crippen molar-refractivity contribution < 1.29 is 18.6 Å². The topological polar surface area (TPSA) is 58.5 Å². The average molecular weight is 342 g/mol. The van der Waals surface area contributed by atoms with Crippen LogP contribution in [0.3, 0.4) is 0 Å². The summed E-state index contributed by atoms with van der Waals surface area (Å²) >= 11 is 6.13. The summed E-state index contributed by atoms with van der Waals surface area (Å²) in [6, 6.07) is 2.75. The maximum Gasteiger partial charge on any atom is 0.318 e. The lowest BCUT2D eigenvalue weighted by molar-refractivity contribution is 0.194. The van der Waals surface area contributed by atoms with Gasteiger partial charge in [-0.1, -0.05) is 11.6 Å². The first-order chi connectivity index (χ1) is 11.0. The number of methoxy groups -OCH3 is 1. The molecule has 1 N–H and O–H groups in total. The molecule has 1 aliphatic rings. The van der Waals surface area contributed by atoms with E-state index in [4.69, 9.17) is 16.3 Å². The van der Waals surface area contributed by atoms with Crippen LogP contribution >= 0.6 is 11.6 Å². The Morgan fingerprint density at radius 2 is 2.17 bits per heavy atom. The zero-order valence-corrected chi connectivity index (χ0v) is 13.0. The summed E-state index contributed by atoms with van der Waals surface area (Å²) in [7, 11) is 1.41. The maximum absolute atomic E-state index is 14.1. The van der Waals surface area contributed by atoms with Crippen LogP contribution in [0.5, 0.6) is 6.01 Å². The summed E-state index contributed by atoms with van der Waals surface area (Å²) in [5, 5.41) is 10.2. The van der Waals surface area contributed by atoms with Crippen molar-refractivity contribution >= 4 is 17.4 Å². The minimum absolute atomic E-state index is 0.101.